The summed E-state index contributed by atoms with van der Waals surface area (Å²) in [7, 11) is 5.13. The van der Waals surface area contributed by atoms with E-state index in [1.165, 1.54) is 18.3 Å². The van der Waals surface area contributed by atoms with E-state index in [9.17, 15) is 29.4 Å². The second kappa shape index (κ2) is 21.5. The lowest BCUT2D eigenvalue weighted by atomic mass is 10.1. The Morgan fingerprint density at radius 2 is 1.13 bits per heavy atom. The number of amides is 4. The Balaban J connectivity index is 0.000000234. The Kier molecular flexibility index (Phi) is 15.7. The minimum absolute atomic E-state index is 0.177. The van der Waals surface area contributed by atoms with Gasteiger partial charge in [-0.1, -0.05) is 54.1 Å². The van der Waals surface area contributed by atoms with E-state index >= 15 is 0 Å². The number of pyridine rings is 2. The van der Waals surface area contributed by atoms with Crippen molar-refractivity contribution in [2.75, 3.05) is 42.4 Å². The first-order valence-electron chi connectivity index (χ1n) is 18.7. The molecule has 2 heterocycles. The van der Waals surface area contributed by atoms with Crippen LogP contribution in [-0.2, 0) is 13.2 Å². The first-order valence-corrected chi connectivity index (χ1v) is 19.1. The molecule has 4 amide bonds. The maximum atomic E-state index is 12.8. The zero-order chi connectivity index (χ0) is 44.8. The van der Waals surface area contributed by atoms with Gasteiger partial charge >= 0.3 is 0 Å². The van der Waals surface area contributed by atoms with Crippen LogP contribution in [-0.4, -0.2) is 81.5 Å². The van der Waals surface area contributed by atoms with Crippen molar-refractivity contribution in [3.63, 3.8) is 0 Å². The molecule has 0 saturated heterocycles. The van der Waals surface area contributed by atoms with Crippen molar-refractivity contribution >= 4 is 69.9 Å². The quantitative estimate of drug-likeness (QED) is 0.0524. The van der Waals surface area contributed by atoms with E-state index < -0.39 is 23.6 Å². The van der Waals surface area contributed by atoms with Gasteiger partial charge in [0.2, 0.25) is 0 Å². The van der Waals surface area contributed by atoms with E-state index in [2.05, 4.69) is 36.2 Å². The lowest BCUT2D eigenvalue weighted by Crippen LogP contribution is -2.22. The van der Waals surface area contributed by atoms with Crippen LogP contribution in [0.25, 0.3) is 0 Å². The number of aliphatic imine (C=N–C) groups is 1. The summed E-state index contributed by atoms with van der Waals surface area (Å²) in [6.07, 6.45) is 2.96. The summed E-state index contributed by atoms with van der Waals surface area (Å²) in [6, 6.07) is 30.9. The van der Waals surface area contributed by atoms with Gasteiger partial charge in [0.05, 0.1) is 40.7 Å². The summed E-state index contributed by atoms with van der Waals surface area (Å²) < 4.78 is 0. The van der Waals surface area contributed by atoms with Crippen LogP contribution in [0.1, 0.15) is 63.7 Å². The number of carbonyl (C=O) groups is 4. The number of benzene rings is 4. The van der Waals surface area contributed by atoms with Crippen LogP contribution in [0.2, 0.25) is 5.02 Å². The molecule has 0 bridgehead atoms. The fourth-order valence-electron chi connectivity index (χ4n) is 5.58. The van der Waals surface area contributed by atoms with E-state index in [0.717, 1.165) is 0 Å². The first kappa shape index (κ1) is 45.3. The predicted molar refractivity (Wildman–Crippen MR) is 240 cm³/mol. The second-order valence-electron chi connectivity index (χ2n) is 13.5. The standard InChI is InChI=1S/C23H23N5O3.C22H20ClN5O3/c1-28(2)21(24)16-7-9-17(10-8-16)22(30)26-19-11-6-15(14-29)13-18(19)23(31)27-20-5-3-4-12-25-20;1-25-20(24)14-3-5-15(6-4-14)21(30)27-18-8-2-13(12-29)10-17(18)22(31)28-19-9-7-16(23)11-26-19/h3-13,24,29H,14H2,1-2H3,(H,26,30)(H,25,27,31);2-11,29H,12H2,1H3,(H2,24,25)(H,27,30)(H,26,28,31). The number of nitrogens with zero attached hydrogens (tertiary/aromatic N) is 4. The number of aliphatic hydroxyl groups is 2. The van der Waals surface area contributed by atoms with Gasteiger partial charge in [-0.2, -0.15) is 0 Å². The molecule has 0 aliphatic rings. The molecular formula is C45H43ClN10O6. The maximum Gasteiger partial charge on any atom is 0.258 e. The van der Waals surface area contributed by atoms with Gasteiger partial charge < -0.3 is 42.1 Å². The van der Waals surface area contributed by atoms with Crippen LogP contribution in [0.3, 0.4) is 0 Å². The molecule has 0 unspecified atom stereocenters. The molecule has 62 heavy (non-hydrogen) atoms. The SMILES string of the molecule is CN(C)C(=N)c1ccc(C(=O)Nc2ccc(CO)cc2C(=O)Nc2ccccn2)cc1.CN=C(N)c1ccc(C(=O)Nc2ccc(CO)cc2C(=O)Nc2ccc(Cl)cn2)cc1. The summed E-state index contributed by atoms with van der Waals surface area (Å²) in [5, 5.41) is 38.1. The molecule has 17 heteroatoms. The van der Waals surface area contributed by atoms with E-state index in [-0.39, 0.29) is 30.0 Å². The number of nitrogens with one attached hydrogen (secondary N) is 5. The van der Waals surface area contributed by atoms with Gasteiger partial charge in [-0.05, 0) is 83.9 Å². The molecule has 0 saturated carbocycles. The molecule has 6 rings (SSSR count). The van der Waals surface area contributed by atoms with Gasteiger partial charge in [0, 0.05) is 55.8 Å². The molecule has 16 nitrogen and oxygen atoms in total. The van der Waals surface area contributed by atoms with E-state index in [4.69, 9.17) is 22.7 Å². The molecule has 0 aliphatic heterocycles. The Bertz CT molecular complexity index is 2590. The summed E-state index contributed by atoms with van der Waals surface area (Å²) in [6.45, 7) is -0.493. The summed E-state index contributed by atoms with van der Waals surface area (Å²) in [5.74, 6) is -0.395. The third-order valence-electron chi connectivity index (χ3n) is 8.95. The lowest BCUT2D eigenvalue weighted by molar-refractivity contribution is 0.101. The molecule has 0 radical (unpaired) electrons. The normalized spacial score (nSPS) is 10.7. The lowest BCUT2D eigenvalue weighted by Gasteiger charge is -2.15. The molecule has 0 atom stereocenters. The maximum absolute atomic E-state index is 12.8. The fourth-order valence-corrected chi connectivity index (χ4v) is 5.69. The molecule has 9 N–H and O–H groups in total. The molecule has 6 aromatic rings. The van der Waals surface area contributed by atoms with Crippen molar-refractivity contribution in [3.8, 4) is 0 Å². The number of nitrogens with two attached hydrogens (primary N) is 1. The number of hydrogen-bond donors (Lipinski definition) is 8. The van der Waals surface area contributed by atoms with Gasteiger partial charge in [0.15, 0.2) is 0 Å². The van der Waals surface area contributed by atoms with Crippen LogP contribution in [0.15, 0.2) is 133 Å². The smallest absolute Gasteiger partial charge is 0.258 e. The Hall–Kier alpha value is -7.79. The third-order valence-corrected chi connectivity index (χ3v) is 9.17. The van der Waals surface area contributed by atoms with Gasteiger partial charge in [-0.15, -0.1) is 0 Å². The number of aromatic nitrogens is 2. The third kappa shape index (κ3) is 12.1. The molecule has 0 fully saturated rings. The molecular weight excluding hydrogens is 812 g/mol. The molecule has 316 valence electrons. The Morgan fingerprint density at radius 1 is 0.645 bits per heavy atom. The number of carbonyl (C=O) groups excluding carboxylic acids is 4. The van der Waals surface area contributed by atoms with Crippen molar-refractivity contribution in [3.05, 3.63) is 177 Å². The highest BCUT2D eigenvalue weighted by Gasteiger charge is 2.18. The molecule has 2 aromatic heterocycles. The number of halogens is 1. The summed E-state index contributed by atoms with van der Waals surface area (Å²) in [5.41, 5.74) is 9.94. The van der Waals surface area contributed by atoms with Crippen LogP contribution in [0, 0.1) is 5.41 Å². The number of rotatable bonds is 12. The van der Waals surface area contributed by atoms with Gasteiger partial charge in [0.25, 0.3) is 23.6 Å². The minimum atomic E-state index is -0.497. The molecule has 4 aromatic carbocycles. The van der Waals surface area contributed by atoms with Crippen LogP contribution < -0.4 is 27.0 Å². The number of aliphatic hydroxyl groups excluding tert-OH is 2. The van der Waals surface area contributed by atoms with Crippen molar-refractivity contribution < 1.29 is 29.4 Å². The second-order valence-corrected chi connectivity index (χ2v) is 13.9. The highest BCUT2D eigenvalue weighted by molar-refractivity contribution is 6.30. The van der Waals surface area contributed by atoms with E-state index in [0.29, 0.717) is 67.4 Å². The number of hydrogen-bond acceptors (Lipinski definition) is 10. The van der Waals surface area contributed by atoms with Crippen LogP contribution >= 0.6 is 11.6 Å². The Labute approximate surface area is 362 Å². The molecule has 0 aliphatic carbocycles. The monoisotopic (exact) mass is 854 g/mol. The van der Waals surface area contributed by atoms with Gasteiger partial charge in [-0.25, -0.2) is 9.97 Å². The van der Waals surface area contributed by atoms with Crippen molar-refractivity contribution in [1.29, 1.82) is 5.41 Å². The van der Waals surface area contributed by atoms with Crippen LogP contribution in [0.5, 0.6) is 0 Å². The zero-order valence-corrected chi connectivity index (χ0v) is 34.6. The van der Waals surface area contributed by atoms with E-state index in [1.807, 2.05) is 0 Å². The van der Waals surface area contributed by atoms with Crippen molar-refractivity contribution in [2.45, 2.75) is 13.2 Å². The topological polar surface area (TPSA) is 248 Å². The van der Waals surface area contributed by atoms with Crippen molar-refractivity contribution in [1.82, 2.24) is 14.9 Å². The Morgan fingerprint density at radius 3 is 1.55 bits per heavy atom. The van der Waals surface area contributed by atoms with Crippen LogP contribution in [0.4, 0.5) is 23.0 Å². The zero-order valence-electron chi connectivity index (χ0n) is 33.8. The number of anilines is 4. The average Bonchev–Trinajstić information content (AvgIpc) is 3.30. The van der Waals surface area contributed by atoms with Gasteiger partial charge in [-0.3, -0.25) is 29.6 Å². The highest BCUT2D eigenvalue weighted by atomic mass is 35.5. The van der Waals surface area contributed by atoms with Crippen molar-refractivity contribution in [2.24, 2.45) is 10.7 Å². The number of amidine groups is 2. The molecule has 0 spiro atoms. The summed E-state index contributed by atoms with van der Waals surface area (Å²) in [4.78, 5) is 64.7. The highest BCUT2D eigenvalue weighted by Crippen LogP contribution is 2.23. The first-order chi connectivity index (χ1) is 29.8. The average molecular weight is 855 g/mol. The fraction of sp³-hybridized carbons (Fsp3) is 0.111. The van der Waals surface area contributed by atoms with Gasteiger partial charge in [0.1, 0.15) is 23.3 Å². The minimum Gasteiger partial charge on any atom is -0.392 e. The predicted octanol–water partition coefficient (Wildman–Crippen LogP) is 6.03. The largest absolute Gasteiger partial charge is 0.392 e. The summed E-state index contributed by atoms with van der Waals surface area (Å²) >= 11 is 5.82. The van der Waals surface area contributed by atoms with E-state index in [1.54, 1.807) is 135 Å².